The van der Waals surface area contributed by atoms with Gasteiger partial charge in [-0.2, -0.15) is 0 Å². The van der Waals surface area contributed by atoms with Crippen molar-refractivity contribution in [2.75, 3.05) is 0 Å². The lowest BCUT2D eigenvalue weighted by atomic mass is 9.73. The number of phenolic OH excluding ortho intramolecular Hbond substituents is 1. The SMILES string of the molecule is C[C@H]1O[C@@H](c2ccc3c(c2O)C(=O)c2ccc4c(c2C3=O)C(=O)C[C@](C)(O)C4)C[C@@H](O[C@@H]2CC[C@H](O[C@@H]3CC[C@@H](OC(=O)CC(=O)O)[C@@H](C)O3)[C@@H](C)O2)[C@H]1O. The van der Waals surface area contributed by atoms with Gasteiger partial charge < -0.3 is 48.8 Å². The minimum absolute atomic E-state index is 0.00579. The van der Waals surface area contributed by atoms with Gasteiger partial charge in [-0.1, -0.05) is 12.1 Å². The fourth-order valence-electron chi connectivity index (χ4n) is 8.50. The zero-order chi connectivity index (χ0) is 39.5. The van der Waals surface area contributed by atoms with Crippen molar-refractivity contribution in [3.05, 3.63) is 63.2 Å². The molecule has 0 unspecified atom stereocenters. The Morgan fingerprint density at radius 3 is 2.04 bits per heavy atom. The van der Waals surface area contributed by atoms with Gasteiger partial charge in [0.05, 0.1) is 47.8 Å². The third-order valence-electron chi connectivity index (χ3n) is 11.3. The molecule has 5 aliphatic rings. The number of Topliss-reactive ketones (excluding diaryl/α,β-unsaturated/α-hetero) is 1. The van der Waals surface area contributed by atoms with E-state index in [-0.39, 0.29) is 58.7 Å². The lowest BCUT2D eigenvalue weighted by Gasteiger charge is -2.43. The second-order valence-corrected chi connectivity index (χ2v) is 15.6. The van der Waals surface area contributed by atoms with E-state index in [1.807, 2.05) is 6.92 Å². The van der Waals surface area contributed by atoms with E-state index in [1.165, 1.54) is 18.2 Å². The quantitative estimate of drug-likeness (QED) is 0.190. The zero-order valence-electron chi connectivity index (χ0n) is 31.0. The molecule has 2 aromatic rings. The molecule has 15 heteroatoms. The van der Waals surface area contributed by atoms with Crippen LogP contribution in [0.3, 0.4) is 0 Å². The van der Waals surface area contributed by atoms with Crippen molar-refractivity contribution in [1.29, 1.82) is 0 Å². The standard InChI is InChI=1S/C40H46O15/c1-17-25(53-30(44)14-29(42)43)9-11-31(51-17)54-26-10-12-32(52-18(26)2)55-28-13-27(50-19(3)36(28)45)21-7-8-23-35(37(21)46)39(48)22-6-5-20-15-40(4,49)16-24(41)33(20)34(22)38(23)47/h5-8,17-19,25-28,31-32,36,45-46,49H,9-16H2,1-4H3,(H,42,43)/t17-,18-,19-,25-,26+,27-,28-,31-,32-,36+,40-/m1/s1. The number of aliphatic hydroxyl groups is 2. The minimum Gasteiger partial charge on any atom is -0.507 e. The molecule has 3 saturated heterocycles. The summed E-state index contributed by atoms with van der Waals surface area (Å²) < 4.78 is 36.0. The number of carbonyl (C=O) groups excluding carboxylic acids is 4. The number of benzene rings is 2. The van der Waals surface area contributed by atoms with Crippen molar-refractivity contribution in [2.45, 2.75) is 146 Å². The monoisotopic (exact) mass is 766 g/mol. The summed E-state index contributed by atoms with van der Waals surface area (Å²) in [7, 11) is 0. The van der Waals surface area contributed by atoms with Crippen LogP contribution in [0.25, 0.3) is 0 Å². The normalized spacial score (nSPS) is 34.7. The number of aromatic hydroxyl groups is 1. The van der Waals surface area contributed by atoms with Crippen LogP contribution in [-0.4, -0.2) is 111 Å². The molecule has 0 radical (unpaired) electrons. The van der Waals surface area contributed by atoms with Crippen molar-refractivity contribution in [1.82, 2.24) is 0 Å². The summed E-state index contributed by atoms with van der Waals surface area (Å²) in [4.78, 5) is 63.5. The highest BCUT2D eigenvalue weighted by Gasteiger charge is 2.45. The number of aliphatic carboxylic acids is 1. The van der Waals surface area contributed by atoms with Crippen molar-refractivity contribution in [3.63, 3.8) is 0 Å². The van der Waals surface area contributed by atoms with Gasteiger partial charge in [0.1, 0.15) is 24.4 Å². The molecule has 0 aromatic heterocycles. The number of rotatable bonds is 8. The zero-order valence-corrected chi connectivity index (χ0v) is 31.0. The molecule has 0 spiro atoms. The highest BCUT2D eigenvalue weighted by molar-refractivity contribution is 6.32. The predicted octanol–water partition coefficient (Wildman–Crippen LogP) is 3.47. The molecule has 0 amide bonds. The number of hydrogen-bond acceptors (Lipinski definition) is 14. The van der Waals surface area contributed by atoms with Crippen LogP contribution in [-0.2, 0) is 44.4 Å². The van der Waals surface area contributed by atoms with E-state index in [4.69, 9.17) is 33.5 Å². The van der Waals surface area contributed by atoms with E-state index in [0.717, 1.165) is 0 Å². The third-order valence-corrected chi connectivity index (χ3v) is 11.3. The van der Waals surface area contributed by atoms with Crippen LogP contribution < -0.4 is 0 Å². The number of ketones is 3. The molecule has 15 nitrogen and oxygen atoms in total. The molecule has 4 N–H and O–H groups in total. The Morgan fingerprint density at radius 1 is 0.782 bits per heavy atom. The van der Waals surface area contributed by atoms with Crippen LogP contribution in [0, 0.1) is 0 Å². The van der Waals surface area contributed by atoms with Crippen molar-refractivity contribution in [2.24, 2.45) is 0 Å². The molecule has 3 aliphatic heterocycles. The van der Waals surface area contributed by atoms with Gasteiger partial charge in [0, 0.05) is 59.9 Å². The van der Waals surface area contributed by atoms with E-state index in [2.05, 4.69) is 0 Å². The number of ether oxygens (including phenoxy) is 6. The number of aliphatic hydroxyl groups excluding tert-OH is 1. The number of esters is 1. The topological polar surface area (TPSA) is 222 Å². The molecule has 7 rings (SSSR count). The van der Waals surface area contributed by atoms with E-state index >= 15 is 0 Å². The van der Waals surface area contributed by atoms with Crippen LogP contribution in [0.15, 0.2) is 24.3 Å². The largest absolute Gasteiger partial charge is 0.507 e. The van der Waals surface area contributed by atoms with Gasteiger partial charge in [-0.25, -0.2) is 0 Å². The Kier molecular flexibility index (Phi) is 10.8. The molecule has 3 heterocycles. The van der Waals surface area contributed by atoms with Gasteiger partial charge >= 0.3 is 11.9 Å². The molecule has 2 aromatic carbocycles. The first-order chi connectivity index (χ1) is 26.0. The van der Waals surface area contributed by atoms with Gasteiger partial charge in [-0.15, -0.1) is 0 Å². The van der Waals surface area contributed by atoms with Gasteiger partial charge in [-0.05, 0) is 58.2 Å². The van der Waals surface area contributed by atoms with Gasteiger partial charge in [0.15, 0.2) is 29.9 Å². The number of hydrogen-bond donors (Lipinski definition) is 4. The molecular weight excluding hydrogens is 720 g/mol. The number of phenols is 1. The van der Waals surface area contributed by atoms with E-state index in [9.17, 15) is 39.3 Å². The van der Waals surface area contributed by atoms with E-state index in [1.54, 1.807) is 26.8 Å². The van der Waals surface area contributed by atoms with Crippen molar-refractivity contribution >= 4 is 29.3 Å². The maximum Gasteiger partial charge on any atom is 0.317 e. The van der Waals surface area contributed by atoms with Crippen molar-refractivity contribution in [3.8, 4) is 5.75 Å². The second-order valence-electron chi connectivity index (χ2n) is 15.6. The first-order valence-corrected chi connectivity index (χ1v) is 18.7. The molecule has 0 saturated carbocycles. The lowest BCUT2D eigenvalue weighted by molar-refractivity contribution is -0.300. The number of carboxylic acid groups (broad SMARTS) is 1. The Balaban J connectivity index is 0.996. The van der Waals surface area contributed by atoms with Crippen LogP contribution in [0.1, 0.15) is 132 Å². The molecule has 2 aliphatic carbocycles. The number of carbonyl (C=O) groups is 5. The second kappa shape index (κ2) is 15.1. The first kappa shape index (κ1) is 39.2. The van der Waals surface area contributed by atoms with Crippen LogP contribution in [0.5, 0.6) is 5.75 Å². The summed E-state index contributed by atoms with van der Waals surface area (Å²) in [6.07, 6.45) is -5.31. The molecule has 11 atom stereocenters. The summed E-state index contributed by atoms with van der Waals surface area (Å²) in [6.45, 7) is 6.79. The summed E-state index contributed by atoms with van der Waals surface area (Å²) in [5, 5.41) is 42.0. The lowest BCUT2D eigenvalue weighted by Crippen LogP contribution is -2.50. The van der Waals surface area contributed by atoms with Gasteiger partial charge in [0.25, 0.3) is 0 Å². The Bertz CT molecular complexity index is 1900. The molecule has 55 heavy (non-hydrogen) atoms. The predicted molar refractivity (Wildman–Crippen MR) is 188 cm³/mol. The summed E-state index contributed by atoms with van der Waals surface area (Å²) in [5.41, 5.74) is -0.629. The minimum atomic E-state index is -1.26. The highest BCUT2D eigenvalue weighted by atomic mass is 16.7. The fourth-order valence-corrected chi connectivity index (χ4v) is 8.50. The van der Waals surface area contributed by atoms with Crippen molar-refractivity contribution < 1.29 is 72.8 Å². The molecule has 296 valence electrons. The van der Waals surface area contributed by atoms with E-state index in [0.29, 0.717) is 31.2 Å². The Hall–Kier alpha value is -4.09. The molecule has 0 bridgehead atoms. The summed E-state index contributed by atoms with van der Waals surface area (Å²) in [6, 6.07) is 5.99. The third kappa shape index (κ3) is 7.71. The van der Waals surface area contributed by atoms with Crippen LogP contribution in [0.4, 0.5) is 0 Å². The van der Waals surface area contributed by atoms with Crippen LogP contribution in [0.2, 0.25) is 0 Å². The summed E-state index contributed by atoms with van der Waals surface area (Å²) in [5.74, 6) is -4.11. The molecule has 3 fully saturated rings. The Labute approximate surface area is 316 Å². The molecular formula is C40H46O15. The number of fused-ring (bicyclic) bond motifs is 4. The smallest absolute Gasteiger partial charge is 0.317 e. The number of carboxylic acids is 1. The Morgan fingerprint density at radius 2 is 1.38 bits per heavy atom. The average Bonchev–Trinajstić information content (AvgIpc) is 3.10. The van der Waals surface area contributed by atoms with Crippen LogP contribution >= 0.6 is 0 Å². The fraction of sp³-hybridized carbons (Fsp3) is 0.575. The van der Waals surface area contributed by atoms with E-state index < -0.39 is 102 Å². The first-order valence-electron chi connectivity index (χ1n) is 18.7. The maximum atomic E-state index is 13.9. The van der Waals surface area contributed by atoms with Gasteiger partial charge in [0.2, 0.25) is 0 Å². The highest BCUT2D eigenvalue weighted by Crippen LogP contribution is 2.44. The summed E-state index contributed by atoms with van der Waals surface area (Å²) >= 11 is 0. The van der Waals surface area contributed by atoms with Gasteiger partial charge in [-0.3, -0.25) is 24.0 Å². The average molecular weight is 767 g/mol. The maximum absolute atomic E-state index is 13.9.